The number of nitrogens with two attached hydrogens (primary N) is 1. The number of hydrogen-bond donors (Lipinski definition) is 2. The first-order chi connectivity index (χ1) is 27.4. The van der Waals surface area contributed by atoms with E-state index in [2.05, 4.69) is 180 Å². The van der Waals surface area contributed by atoms with E-state index in [1.54, 1.807) is 6.20 Å². The smallest absolute Gasteiger partial charge is 0.130 e. The fourth-order valence-electron chi connectivity index (χ4n) is 8.39. The maximum Gasteiger partial charge on any atom is 0.130 e. The summed E-state index contributed by atoms with van der Waals surface area (Å²) in [5.41, 5.74) is 21.9. The van der Waals surface area contributed by atoms with Crippen molar-refractivity contribution in [2.75, 3.05) is 10.2 Å². The maximum atomic E-state index is 6.38. The summed E-state index contributed by atoms with van der Waals surface area (Å²) in [5, 5.41) is 5.95. The molecule has 5 heteroatoms. The van der Waals surface area contributed by atoms with Gasteiger partial charge in [0.1, 0.15) is 5.84 Å². The molecule has 0 radical (unpaired) electrons. The first-order valence-corrected chi connectivity index (χ1v) is 19.1. The van der Waals surface area contributed by atoms with Gasteiger partial charge in [-0.25, -0.2) is 4.99 Å². The lowest BCUT2D eigenvalue weighted by Crippen LogP contribution is -2.17. The number of benzene rings is 7. The van der Waals surface area contributed by atoms with Crippen LogP contribution in [-0.2, 0) is 5.41 Å². The average molecular weight is 726 g/mol. The van der Waals surface area contributed by atoms with Crippen LogP contribution in [0.4, 0.5) is 28.4 Å². The molecule has 56 heavy (non-hydrogen) atoms. The standard InChI is InChI=1S/C51H43N5/c1-5-31-53-50(52)34-21-23-37(24-22-34)55(39-25-27-42-41-19-13-14-20-45(41)51(3,4)46(42)33-39)38-26-30-48-44(32-38)43-28-29-47(54-35-15-9-7-10-16-35)40(6-2)49(43)56(48)36-17-11-8-12-18-36/h5-33,54H,2H2,1,3-4H3,(H2,52,53)/b31-5-. The molecule has 1 heterocycles. The number of amidine groups is 1. The van der Waals surface area contributed by atoms with Crippen molar-refractivity contribution in [2.24, 2.45) is 10.7 Å². The second-order valence-electron chi connectivity index (χ2n) is 14.8. The molecular weight excluding hydrogens is 683 g/mol. The highest BCUT2D eigenvalue weighted by molar-refractivity contribution is 6.14. The zero-order valence-corrected chi connectivity index (χ0v) is 31.9. The molecule has 7 aromatic carbocycles. The van der Waals surface area contributed by atoms with Crippen LogP contribution in [0.3, 0.4) is 0 Å². The Morgan fingerprint density at radius 1 is 0.696 bits per heavy atom. The highest BCUT2D eigenvalue weighted by Crippen LogP contribution is 2.51. The highest BCUT2D eigenvalue weighted by atomic mass is 15.1. The van der Waals surface area contributed by atoms with E-state index in [4.69, 9.17) is 5.73 Å². The van der Waals surface area contributed by atoms with Gasteiger partial charge in [0.05, 0.1) is 11.0 Å². The van der Waals surface area contributed by atoms with Gasteiger partial charge in [-0.1, -0.05) is 105 Å². The fraction of sp³-hybridized carbons (Fsp3) is 0.0784. The third kappa shape index (κ3) is 5.76. The van der Waals surface area contributed by atoms with E-state index >= 15 is 0 Å². The van der Waals surface area contributed by atoms with Crippen LogP contribution in [0.15, 0.2) is 182 Å². The quantitative estimate of drug-likeness (QED) is 0.115. The molecule has 0 atom stereocenters. The van der Waals surface area contributed by atoms with E-state index in [0.717, 1.165) is 67.1 Å². The molecule has 3 N–H and O–H groups in total. The van der Waals surface area contributed by atoms with Gasteiger partial charge in [0.2, 0.25) is 0 Å². The summed E-state index contributed by atoms with van der Waals surface area (Å²) in [7, 11) is 0. The second-order valence-corrected chi connectivity index (χ2v) is 14.8. The van der Waals surface area contributed by atoms with E-state index < -0.39 is 0 Å². The molecule has 0 fully saturated rings. The molecule has 1 aliphatic carbocycles. The van der Waals surface area contributed by atoms with Gasteiger partial charge >= 0.3 is 0 Å². The van der Waals surface area contributed by atoms with Crippen LogP contribution in [0.1, 0.15) is 43.0 Å². The Morgan fingerprint density at radius 3 is 2.11 bits per heavy atom. The Balaban J connectivity index is 1.26. The van der Waals surface area contributed by atoms with Gasteiger partial charge in [0.15, 0.2) is 0 Å². The summed E-state index contributed by atoms with van der Waals surface area (Å²) in [6.07, 6.45) is 5.57. The molecule has 0 unspecified atom stereocenters. The van der Waals surface area contributed by atoms with Crippen LogP contribution in [0.25, 0.3) is 44.7 Å². The molecular formula is C51H43N5. The number of rotatable bonds is 9. The lowest BCUT2D eigenvalue weighted by Gasteiger charge is -2.28. The predicted molar refractivity (Wildman–Crippen MR) is 238 cm³/mol. The molecule has 0 spiro atoms. The zero-order valence-electron chi connectivity index (χ0n) is 31.9. The lowest BCUT2D eigenvalue weighted by atomic mass is 9.82. The Hall–Kier alpha value is -7.11. The summed E-state index contributed by atoms with van der Waals surface area (Å²) in [6, 6.07) is 56.2. The molecule has 9 rings (SSSR count). The van der Waals surface area contributed by atoms with Gasteiger partial charge in [-0.2, -0.15) is 0 Å². The van der Waals surface area contributed by atoms with E-state index in [1.165, 1.54) is 22.3 Å². The van der Waals surface area contributed by atoms with Crippen LogP contribution >= 0.6 is 0 Å². The summed E-state index contributed by atoms with van der Waals surface area (Å²) in [6.45, 7) is 10.9. The minimum atomic E-state index is -0.144. The zero-order chi connectivity index (χ0) is 38.4. The van der Waals surface area contributed by atoms with Crippen LogP contribution in [0, 0.1) is 0 Å². The summed E-state index contributed by atoms with van der Waals surface area (Å²) in [4.78, 5) is 6.75. The normalized spacial score (nSPS) is 13.2. The van der Waals surface area contributed by atoms with Gasteiger partial charge in [-0.05, 0) is 114 Å². The fourth-order valence-corrected chi connectivity index (χ4v) is 8.39. The minimum Gasteiger partial charge on any atom is -0.383 e. The summed E-state index contributed by atoms with van der Waals surface area (Å²) in [5.74, 6) is 0.479. The monoisotopic (exact) mass is 725 g/mol. The molecule has 1 aliphatic rings. The van der Waals surface area contributed by atoms with Gasteiger partial charge in [0, 0.05) is 67.6 Å². The Kier molecular flexibility index (Phi) is 8.63. The third-order valence-electron chi connectivity index (χ3n) is 11.1. The van der Waals surface area contributed by atoms with Crippen molar-refractivity contribution >= 4 is 62.2 Å². The molecule has 0 bridgehead atoms. The van der Waals surface area contributed by atoms with Gasteiger partial charge in [-0.15, -0.1) is 0 Å². The molecule has 5 nitrogen and oxygen atoms in total. The minimum absolute atomic E-state index is 0.144. The van der Waals surface area contributed by atoms with E-state index in [1.807, 2.05) is 37.3 Å². The SMILES string of the molecule is C=Cc1c(Nc2ccccc2)ccc2c3cc(N(c4ccc(C(N)=N/C=C\C)cc4)c4ccc5c(c4)C(C)(C)c4ccccc4-5)ccc3n(-c3ccccc3)c12. The molecule has 0 amide bonds. The molecule has 1 aromatic heterocycles. The van der Waals surface area contributed by atoms with E-state index in [-0.39, 0.29) is 5.41 Å². The Morgan fingerprint density at radius 2 is 1.36 bits per heavy atom. The molecule has 272 valence electrons. The number of nitrogens with zero attached hydrogens (tertiary/aromatic N) is 3. The van der Waals surface area contributed by atoms with Crippen molar-refractivity contribution in [3.8, 4) is 16.8 Å². The number of allylic oxidation sites excluding steroid dienone is 1. The average Bonchev–Trinajstić information content (AvgIpc) is 3.68. The molecule has 0 aliphatic heterocycles. The van der Waals surface area contributed by atoms with Crippen molar-refractivity contribution in [2.45, 2.75) is 26.2 Å². The Labute approximate surface area is 328 Å². The van der Waals surface area contributed by atoms with Crippen molar-refractivity contribution in [3.05, 3.63) is 199 Å². The van der Waals surface area contributed by atoms with Crippen LogP contribution in [0.2, 0.25) is 0 Å². The van der Waals surface area contributed by atoms with Gasteiger partial charge < -0.3 is 20.5 Å². The number of para-hydroxylation sites is 2. The van der Waals surface area contributed by atoms with Crippen molar-refractivity contribution in [1.29, 1.82) is 0 Å². The third-order valence-corrected chi connectivity index (χ3v) is 11.1. The van der Waals surface area contributed by atoms with Crippen molar-refractivity contribution in [3.63, 3.8) is 0 Å². The molecule has 8 aromatic rings. The summed E-state index contributed by atoms with van der Waals surface area (Å²) >= 11 is 0. The number of nitrogens with one attached hydrogen (secondary N) is 1. The Bertz CT molecular complexity index is 2830. The van der Waals surface area contributed by atoms with Gasteiger partial charge in [-0.3, -0.25) is 0 Å². The maximum absolute atomic E-state index is 6.38. The topological polar surface area (TPSA) is 58.6 Å². The molecule has 0 saturated carbocycles. The highest BCUT2D eigenvalue weighted by Gasteiger charge is 2.35. The van der Waals surface area contributed by atoms with Crippen molar-refractivity contribution < 1.29 is 0 Å². The number of aliphatic imine (C=N–C) groups is 1. The van der Waals surface area contributed by atoms with Crippen LogP contribution in [-0.4, -0.2) is 10.4 Å². The number of hydrogen-bond acceptors (Lipinski definition) is 3. The number of aromatic nitrogens is 1. The molecule has 0 saturated heterocycles. The second kappa shape index (κ2) is 13.9. The van der Waals surface area contributed by atoms with Gasteiger partial charge in [0.25, 0.3) is 0 Å². The number of anilines is 5. The summed E-state index contributed by atoms with van der Waals surface area (Å²) < 4.78 is 2.36. The number of fused-ring (bicyclic) bond motifs is 6. The van der Waals surface area contributed by atoms with Crippen molar-refractivity contribution in [1.82, 2.24) is 4.57 Å². The van der Waals surface area contributed by atoms with E-state index in [9.17, 15) is 0 Å². The van der Waals surface area contributed by atoms with Crippen LogP contribution in [0.5, 0.6) is 0 Å². The largest absolute Gasteiger partial charge is 0.383 e. The van der Waals surface area contributed by atoms with Crippen LogP contribution < -0.4 is 16.0 Å². The first-order valence-electron chi connectivity index (χ1n) is 19.1. The first kappa shape index (κ1) is 34.6. The van der Waals surface area contributed by atoms with E-state index in [0.29, 0.717) is 5.84 Å². The lowest BCUT2D eigenvalue weighted by molar-refractivity contribution is 0.660. The predicted octanol–water partition coefficient (Wildman–Crippen LogP) is 13.2.